The van der Waals surface area contributed by atoms with E-state index >= 15 is 0 Å². The molecule has 0 fully saturated rings. The van der Waals surface area contributed by atoms with Gasteiger partial charge in [-0.25, -0.2) is 9.79 Å². The van der Waals surface area contributed by atoms with Crippen LogP contribution in [-0.2, 0) is 9.53 Å². The van der Waals surface area contributed by atoms with Crippen LogP contribution < -0.4 is 29.1 Å². The Balaban J connectivity index is 1.92. The molecule has 9 nitrogen and oxygen atoms in total. The lowest BCUT2D eigenvalue weighted by molar-refractivity contribution is -0.136. The van der Waals surface area contributed by atoms with Gasteiger partial charge < -0.3 is 24.1 Å². The van der Waals surface area contributed by atoms with Gasteiger partial charge in [0.25, 0.3) is 5.56 Å². The van der Waals surface area contributed by atoms with Crippen molar-refractivity contribution in [1.29, 1.82) is 0 Å². The minimum absolute atomic E-state index is 0.0782. The number of nitrogens with zero attached hydrogens (tertiary/aromatic N) is 2. The van der Waals surface area contributed by atoms with Gasteiger partial charge in [0, 0.05) is 11.8 Å². The third-order valence-corrected chi connectivity index (χ3v) is 6.54. The topological polar surface area (TPSA) is 109 Å². The fraction of sp³-hybridized carbons (Fsp3) is 0.269. The van der Waals surface area contributed by atoms with Gasteiger partial charge >= 0.3 is 5.97 Å². The number of benzene rings is 2. The summed E-state index contributed by atoms with van der Waals surface area (Å²) in [6, 6.07) is 9.51. The summed E-state index contributed by atoms with van der Waals surface area (Å²) in [7, 11) is 2.73. The molecule has 0 saturated carbocycles. The Labute approximate surface area is 211 Å². The molecule has 0 aliphatic carbocycles. The molecule has 3 aromatic rings. The predicted octanol–water partition coefficient (Wildman–Crippen LogP) is 2.53. The van der Waals surface area contributed by atoms with Crippen LogP contribution in [-0.4, -0.2) is 43.1 Å². The first kappa shape index (κ1) is 25.1. The van der Waals surface area contributed by atoms with Crippen molar-refractivity contribution >= 4 is 23.4 Å². The lowest BCUT2D eigenvalue weighted by atomic mass is 9.97. The first-order chi connectivity index (χ1) is 17.4. The summed E-state index contributed by atoms with van der Waals surface area (Å²) in [6.45, 7) is 4.61. The van der Waals surface area contributed by atoms with Crippen molar-refractivity contribution in [3.63, 3.8) is 0 Å². The predicted molar refractivity (Wildman–Crippen MR) is 135 cm³/mol. The van der Waals surface area contributed by atoms with Crippen LogP contribution in [0.25, 0.3) is 6.08 Å². The van der Waals surface area contributed by atoms with Crippen molar-refractivity contribution in [2.24, 2.45) is 4.99 Å². The van der Waals surface area contributed by atoms with E-state index in [2.05, 4.69) is 4.99 Å². The van der Waals surface area contributed by atoms with E-state index < -0.39 is 12.0 Å². The van der Waals surface area contributed by atoms with E-state index in [1.807, 2.05) is 13.8 Å². The van der Waals surface area contributed by atoms with E-state index in [-0.39, 0.29) is 16.9 Å². The van der Waals surface area contributed by atoms with E-state index in [0.717, 1.165) is 11.3 Å². The molecule has 0 bridgehead atoms. The molecule has 1 N–H and O–H groups in total. The van der Waals surface area contributed by atoms with E-state index in [0.29, 0.717) is 50.9 Å². The van der Waals surface area contributed by atoms with Crippen molar-refractivity contribution in [3.05, 3.63) is 79.0 Å². The number of hydrogen-bond acceptors (Lipinski definition) is 9. The zero-order valence-electron chi connectivity index (χ0n) is 20.3. The van der Waals surface area contributed by atoms with E-state index in [1.54, 1.807) is 42.5 Å². The van der Waals surface area contributed by atoms with Gasteiger partial charge in [0.15, 0.2) is 27.8 Å². The number of phenolic OH excluding ortho intramolecular Hbond substituents is 1. The second-order valence-electron chi connectivity index (χ2n) is 7.65. The fourth-order valence-electron chi connectivity index (χ4n) is 3.95. The maximum Gasteiger partial charge on any atom is 0.337 e. The number of hydrogen-bond donors (Lipinski definition) is 1. The van der Waals surface area contributed by atoms with Crippen molar-refractivity contribution in [1.82, 2.24) is 4.57 Å². The molecule has 1 atom stereocenters. The van der Waals surface area contributed by atoms with E-state index in [1.165, 1.54) is 25.0 Å². The summed E-state index contributed by atoms with van der Waals surface area (Å²) in [4.78, 5) is 31.1. The average molecular weight is 511 g/mol. The van der Waals surface area contributed by atoms with E-state index in [9.17, 15) is 14.7 Å². The molecule has 0 amide bonds. The van der Waals surface area contributed by atoms with Gasteiger partial charge in [-0.05, 0) is 43.7 Å². The number of phenols is 1. The molecule has 2 aromatic carbocycles. The van der Waals surface area contributed by atoms with Crippen LogP contribution in [0.4, 0.5) is 0 Å². The average Bonchev–Trinajstić information content (AvgIpc) is 3.20. The quantitative estimate of drug-likeness (QED) is 0.464. The van der Waals surface area contributed by atoms with Crippen molar-refractivity contribution in [2.45, 2.75) is 19.9 Å². The van der Waals surface area contributed by atoms with Gasteiger partial charge in [-0.15, -0.1) is 0 Å². The zero-order valence-corrected chi connectivity index (χ0v) is 21.1. The Morgan fingerprint density at radius 1 is 1.11 bits per heavy atom. The number of esters is 1. The van der Waals surface area contributed by atoms with Gasteiger partial charge in [-0.1, -0.05) is 29.5 Å². The molecule has 36 heavy (non-hydrogen) atoms. The summed E-state index contributed by atoms with van der Waals surface area (Å²) in [5.41, 5.74) is 0.882. The molecular weight excluding hydrogens is 484 g/mol. The second kappa shape index (κ2) is 10.7. The third kappa shape index (κ3) is 4.59. The molecule has 0 spiro atoms. The highest BCUT2D eigenvalue weighted by atomic mass is 32.1. The number of methoxy groups -OCH3 is 2. The number of para-hydroxylation sites is 1. The number of carbonyl (C=O) groups is 1. The number of fused-ring (bicyclic) bond motifs is 1. The Morgan fingerprint density at radius 3 is 2.56 bits per heavy atom. The van der Waals surface area contributed by atoms with Crippen molar-refractivity contribution in [2.75, 3.05) is 27.4 Å². The maximum absolute atomic E-state index is 13.6. The second-order valence-corrected chi connectivity index (χ2v) is 8.66. The van der Waals surface area contributed by atoms with Crippen LogP contribution in [0.1, 0.15) is 31.0 Å². The van der Waals surface area contributed by atoms with Crippen LogP contribution in [0.2, 0.25) is 0 Å². The zero-order chi connectivity index (χ0) is 25.8. The summed E-state index contributed by atoms with van der Waals surface area (Å²) in [5, 5.41) is 10.5. The van der Waals surface area contributed by atoms with Crippen molar-refractivity contribution < 1.29 is 28.8 Å². The lowest BCUT2D eigenvalue weighted by Gasteiger charge is -2.23. The number of ether oxygens (including phenoxy) is 4. The molecule has 0 unspecified atom stereocenters. The van der Waals surface area contributed by atoms with Gasteiger partial charge in [-0.2, -0.15) is 0 Å². The Morgan fingerprint density at radius 2 is 1.86 bits per heavy atom. The lowest BCUT2D eigenvalue weighted by Crippen LogP contribution is -2.39. The maximum atomic E-state index is 13.6. The number of carbonyl (C=O) groups excluding carboxylic acids is 1. The first-order valence-electron chi connectivity index (χ1n) is 11.3. The van der Waals surface area contributed by atoms with Gasteiger partial charge in [0.1, 0.15) is 0 Å². The van der Waals surface area contributed by atoms with Crippen LogP contribution in [0.15, 0.2) is 58.0 Å². The third-order valence-electron chi connectivity index (χ3n) is 5.54. The highest BCUT2D eigenvalue weighted by Gasteiger charge is 2.31. The monoisotopic (exact) mass is 510 g/mol. The molecule has 2 heterocycles. The number of rotatable bonds is 8. The summed E-state index contributed by atoms with van der Waals surface area (Å²) >= 11 is 1.15. The summed E-state index contributed by atoms with van der Waals surface area (Å²) < 4.78 is 23.4. The van der Waals surface area contributed by atoms with Gasteiger partial charge in [0.05, 0.1) is 43.6 Å². The molecule has 1 aromatic heterocycles. The van der Waals surface area contributed by atoms with Crippen LogP contribution in [0.3, 0.4) is 0 Å². The molecule has 0 radical (unpaired) electrons. The largest absolute Gasteiger partial charge is 0.504 e. The van der Waals surface area contributed by atoms with Gasteiger partial charge in [-0.3, -0.25) is 9.36 Å². The van der Waals surface area contributed by atoms with E-state index in [4.69, 9.17) is 18.9 Å². The standard InChI is InChI=1S/C26H26N2O7S/c1-5-34-18-11-10-15(12-20(18)35-6-2)22-17(25(31)33-4)14-27-26-28(22)24(30)21(36-26)13-16-8-7-9-19(32-3)23(16)29/h7-14,22,29H,5-6H2,1-4H3/b21-13+/t22-/m0/s1. The minimum Gasteiger partial charge on any atom is -0.504 e. The van der Waals surface area contributed by atoms with Crippen LogP contribution in [0.5, 0.6) is 23.0 Å². The van der Waals surface area contributed by atoms with Crippen molar-refractivity contribution in [3.8, 4) is 23.0 Å². The molecule has 4 rings (SSSR count). The van der Waals surface area contributed by atoms with Crippen LogP contribution in [0, 0.1) is 0 Å². The molecule has 0 saturated heterocycles. The molecular formula is C26H26N2O7S. The Hall–Kier alpha value is -4.05. The summed E-state index contributed by atoms with van der Waals surface area (Å²) in [5.74, 6) is 0.676. The van der Waals surface area contributed by atoms with Crippen LogP contribution >= 0.6 is 11.3 Å². The SMILES string of the molecule is CCOc1ccc([C@H]2C(C(=O)OC)=CN=c3s/c(=C/c4cccc(OC)c4O)c(=O)n32)cc1OCC. The highest BCUT2D eigenvalue weighted by molar-refractivity contribution is 7.07. The van der Waals surface area contributed by atoms with Gasteiger partial charge in [0.2, 0.25) is 0 Å². The smallest absolute Gasteiger partial charge is 0.337 e. The first-order valence-corrected chi connectivity index (χ1v) is 12.1. The number of thiazole rings is 1. The Bertz CT molecular complexity index is 1500. The molecule has 10 heteroatoms. The molecule has 1 aliphatic heterocycles. The molecule has 188 valence electrons. The number of aromatic nitrogens is 1. The highest BCUT2D eigenvalue weighted by Crippen LogP contribution is 2.35. The normalized spacial score (nSPS) is 14.9. The summed E-state index contributed by atoms with van der Waals surface area (Å²) in [6.07, 6.45) is 3.00. The number of aromatic hydroxyl groups is 1. The minimum atomic E-state index is -0.801. The fourth-order valence-corrected chi connectivity index (χ4v) is 4.91. The molecule has 1 aliphatic rings. The Kier molecular flexibility index (Phi) is 7.44.